The maximum Gasteiger partial charge on any atom is 0.0766 e. The standard InChI is InChI=1S/C13H24BrN3O2/c1-4-11-13(14)12(17(2)16-11)9-10(15)5-6-19-8-7-18-3/h10H,4-9,15H2,1-3H3. The molecule has 1 aromatic rings. The van der Waals surface area contributed by atoms with Gasteiger partial charge in [-0.2, -0.15) is 5.10 Å². The SMILES string of the molecule is CCc1nn(C)c(CC(N)CCOCCOC)c1Br. The minimum atomic E-state index is 0.0824. The number of rotatable bonds is 9. The fourth-order valence-corrected chi connectivity index (χ4v) is 2.65. The van der Waals surface area contributed by atoms with Gasteiger partial charge in [-0.15, -0.1) is 0 Å². The number of aromatic nitrogens is 2. The van der Waals surface area contributed by atoms with Gasteiger partial charge in [-0.3, -0.25) is 4.68 Å². The zero-order valence-electron chi connectivity index (χ0n) is 12.0. The lowest BCUT2D eigenvalue weighted by molar-refractivity contribution is 0.0672. The molecule has 0 saturated heterocycles. The summed E-state index contributed by atoms with van der Waals surface area (Å²) in [6.07, 6.45) is 2.56. The van der Waals surface area contributed by atoms with Gasteiger partial charge in [0, 0.05) is 33.2 Å². The van der Waals surface area contributed by atoms with Crippen LogP contribution in [0.5, 0.6) is 0 Å². The van der Waals surface area contributed by atoms with Crippen molar-refractivity contribution in [1.29, 1.82) is 0 Å². The first-order valence-electron chi connectivity index (χ1n) is 6.62. The highest BCUT2D eigenvalue weighted by Crippen LogP contribution is 2.22. The summed E-state index contributed by atoms with van der Waals surface area (Å²) in [7, 11) is 3.63. The Morgan fingerprint density at radius 1 is 1.37 bits per heavy atom. The Balaban J connectivity index is 2.39. The van der Waals surface area contributed by atoms with Crippen LogP contribution in [0.2, 0.25) is 0 Å². The molecule has 1 heterocycles. The van der Waals surface area contributed by atoms with E-state index in [-0.39, 0.29) is 6.04 Å². The van der Waals surface area contributed by atoms with Crippen molar-refractivity contribution >= 4 is 15.9 Å². The molecule has 2 N–H and O–H groups in total. The van der Waals surface area contributed by atoms with E-state index in [1.54, 1.807) is 7.11 Å². The largest absolute Gasteiger partial charge is 0.382 e. The number of halogens is 1. The third-order valence-electron chi connectivity index (χ3n) is 3.02. The maximum atomic E-state index is 6.14. The van der Waals surface area contributed by atoms with Crippen molar-refractivity contribution in [2.45, 2.75) is 32.2 Å². The van der Waals surface area contributed by atoms with Gasteiger partial charge in [-0.1, -0.05) is 6.92 Å². The van der Waals surface area contributed by atoms with E-state index >= 15 is 0 Å². The van der Waals surface area contributed by atoms with Gasteiger partial charge >= 0.3 is 0 Å². The Morgan fingerprint density at radius 2 is 2.11 bits per heavy atom. The average molecular weight is 334 g/mol. The number of nitrogens with two attached hydrogens (primary N) is 1. The summed E-state index contributed by atoms with van der Waals surface area (Å²) in [4.78, 5) is 0. The van der Waals surface area contributed by atoms with E-state index in [4.69, 9.17) is 15.2 Å². The summed E-state index contributed by atoms with van der Waals surface area (Å²) in [6, 6.07) is 0.0824. The molecule has 6 heteroatoms. The summed E-state index contributed by atoms with van der Waals surface area (Å²) in [6.45, 7) is 4.02. The van der Waals surface area contributed by atoms with Crippen LogP contribution in [0.4, 0.5) is 0 Å². The molecule has 0 aliphatic heterocycles. The summed E-state index contributed by atoms with van der Waals surface area (Å²) in [5.41, 5.74) is 8.37. The molecule has 0 amide bonds. The smallest absolute Gasteiger partial charge is 0.0766 e. The Hall–Kier alpha value is -0.430. The zero-order chi connectivity index (χ0) is 14.3. The van der Waals surface area contributed by atoms with Gasteiger partial charge in [0.25, 0.3) is 0 Å². The highest BCUT2D eigenvalue weighted by atomic mass is 79.9. The van der Waals surface area contributed by atoms with Crippen molar-refractivity contribution in [3.8, 4) is 0 Å². The highest BCUT2D eigenvalue weighted by molar-refractivity contribution is 9.10. The minimum absolute atomic E-state index is 0.0824. The molecular formula is C13H24BrN3O2. The van der Waals surface area contributed by atoms with E-state index in [1.807, 2.05) is 11.7 Å². The Kier molecular flexibility index (Phi) is 7.60. The van der Waals surface area contributed by atoms with Gasteiger partial charge in [-0.05, 0) is 28.8 Å². The van der Waals surface area contributed by atoms with E-state index in [2.05, 4.69) is 28.0 Å². The Morgan fingerprint density at radius 3 is 2.68 bits per heavy atom. The first-order valence-corrected chi connectivity index (χ1v) is 7.41. The molecule has 0 aromatic carbocycles. The zero-order valence-corrected chi connectivity index (χ0v) is 13.6. The summed E-state index contributed by atoms with van der Waals surface area (Å²) in [5.74, 6) is 0. The second-order valence-electron chi connectivity index (χ2n) is 4.54. The van der Waals surface area contributed by atoms with Crippen molar-refractivity contribution in [2.24, 2.45) is 12.8 Å². The van der Waals surface area contributed by atoms with Gasteiger partial charge in [-0.25, -0.2) is 0 Å². The molecule has 110 valence electrons. The minimum Gasteiger partial charge on any atom is -0.382 e. The normalized spacial score (nSPS) is 12.9. The Bertz CT molecular complexity index is 382. The first kappa shape index (κ1) is 16.6. The molecule has 0 fully saturated rings. The average Bonchev–Trinajstić information content (AvgIpc) is 2.66. The van der Waals surface area contributed by atoms with Crippen LogP contribution < -0.4 is 5.73 Å². The highest BCUT2D eigenvalue weighted by Gasteiger charge is 2.15. The molecule has 1 unspecified atom stereocenters. The number of hydrogen-bond donors (Lipinski definition) is 1. The van der Waals surface area contributed by atoms with Gasteiger partial charge in [0.15, 0.2) is 0 Å². The molecule has 0 aliphatic rings. The van der Waals surface area contributed by atoms with Crippen molar-refractivity contribution in [3.05, 3.63) is 15.9 Å². The van der Waals surface area contributed by atoms with Crippen molar-refractivity contribution < 1.29 is 9.47 Å². The van der Waals surface area contributed by atoms with E-state index in [9.17, 15) is 0 Å². The number of aryl methyl sites for hydroxylation is 2. The fraction of sp³-hybridized carbons (Fsp3) is 0.769. The van der Waals surface area contributed by atoms with Gasteiger partial charge in [0.2, 0.25) is 0 Å². The molecule has 0 saturated carbocycles. The van der Waals surface area contributed by atoms with Crippen LogP contribution in [-0.2, 0) is 29.4 Å². The number of nitrogens with zero attached hydrogens (tertiary/aromatic N) is 2. The second kappa shape index (κ2) is 8.68. The molecule has 1 aromatic heterocycles. The predicted molar refractivity (Wildman–Crippen MR) is 79.3 cm³/mol. The first-order chi connectivity index (χ1) is 9.10. The van der Waals surface area contributed by atoms with E-state index in [0.717, 1.165) is 35.1 Å². The third kappa shape index (κ3) is 5.22. The molecule has 1 rings (SSSR count). The lowest BCUT2D eigenvalue weighted by Crippen LogP contribution is -2.26. The quantitative estimate of drug-likeness (QED) is 0.698. The van der Waals surface area contributed by atoms with Crippen molar-refractivity contribution in [2.75, 3.05) is 26.9 Å². The number of methoxy groups -OCH3 is 1. The molecular weight excluding hydrogens is 310 g/mol. The van der Waals surface area contributed by atoms with E-state index in [1.165, 1.54) is 0 Å². The second-order valence-corrected chi connectivity index (χ2v) is 5.34. The van der Waals surface area contributed by atoms with Crippen LogP contribution in [0.25, 0.3) is 0 Å². The molecule has 1 atom stereocenters. The molecule has 0 spiro atoms. The van der Waals surface area contributed by atoms with Crippen LogP contribution in [0.1, 0.15) is 24.7 Å². The monoisotopic (exact) mass is 333 g/mol. The molecule has 0 radical (unpaired) electrons. The molecule has 0 bridgehead atoms. The van der Waals surface area contributed by atoms with E-state index in [0.29, 0.717) is 19.8 Å². The lowest BCUT2D eigenvalue weighted by atomic mass is 10.1. The topological polar surface area (TPSA) is 62.3 Å². The van der Waals surface area contributed by atoms with Crippen molar-refractivity contribution in [1.82, 2.24) is 9.78 Å². The predicted octanol–water partition coefficient (Wildman–Crippen LogP) is 1.67. The van der Waals surface area contributed by atoms with Crippen LogP contribution in [-0.4, -0.2) is 42.8 Å². The maximum absolute atomic E-state index is 6.14. The Labute approximate surface area is 123 Å². The molecule has 19 heavy (non-hydrogen) atoms. The van der Waals surface area contributed by atoms with Gasteiger partial charge in [0.1, 0.15) is 0 Å². The van der Waals surface area contributed by atoms with Crippen LogP contribution in [0, 0.1) is 0 Å². The van der Waals surface area contributed by atoms with Gasteiger partial charge < -0.3 is 15.2 Å². The van der Waals surface area contributed by atoms with Crippen molar-refractivity contribution in [3.63, 3.8) is 0 Å². The summed E-state index contributed by atoms with van der Waals surface area (Å²) in [5, 5.41) is 4.47. The van der Waals surface area contributed by atoms with Crippen LogP contribution in [0.3, 0.4) is 0 Å². The lowest BCUT2D eigenvalue weighted by Gasteiger charge is -2.12. The van der Waals surface area contributed by atoms with E-state index < -0.39 is 0 Å². The summed E-state index contributed by atoms with van der Waals surface area (Å²) < 4.78 is 13.3. The van der Waals surface area contributed by atoms with Crippen LogP contribution in [0.15, 0.2) is 4.47 Å². The number of hydrogen-bond acceptors (Lipinski definition) is 4. The molecule has 0 aliphatic carbocycles. The third-order valence-corrected chi connectivity index (χ3v) is 3.94. The number of ether oxygens (including phenoxy) is 2. The molecule has 5 nitrogen and oxygen atoms in total. The van der Waals surface area contributed by atoms with Gasteiger partial charge in [0.05, 0.1) is 29.1 Å². The summed E-state index contributed by atoms with van der Waals surface area (Å²) >= 11 is 3.61. The van der Waals surface area contributed by atoms with Crippen LogP contribution >= 0.6 is 15.9 Å². The fourth-order valence-electron chi connectivity index (χ4n) is 1.87.